The lowest BCUT2D eigenvalue weighted by Crippen LogP contribution is -2.14. The molecule has 0 aliphatic heterocycles. The Bertz CT molecular complexity index is 410. The molecule has 0 N–H and O–H groups in total. The molecule has 0 atom stereocenters. The Balaban J connectivity index is 1.72. The third-order valence-corrected chi connectivity index (χ3v) is 5.18. The molecule has 1 rings (SSSR count). The minimum atomic E-state index is 0.0991. The van der Waals surface area contributed by atoms with Crippen LogP contribution in [0.15, 0.2) is 30.3 Å². The summed E-state index contributed by atoms with van der Waals surface area (Å²) in [6.45, 7) is 6.06. The van der Waals surface area contributed by atoms with Gasteiger partial charge in [0, 0.05) is 18.0 Å². The number of unbranched alkanes of at least 4 members (excludes halogenated alkanes) is 10. The summed E-state index contributed by atoms with van der Waals surface area (Å²) in [6, 6.07) is 10.9. The van der Waals surface area contributed by atoms with Crippen molar-refractivity contribution in [3.63, 3.8) is 0 Å². The number of hydrogen-bond donors (Lipinski definition) is 1. The lowest BCUT2D eigenvalue weighted by molar-refractivity contribution is 0.123. The standard InChI is InChI=1S/C24H42OS/c1-24(2,26)20-22-25-21-16-11-9-7-5-3-4-6-8-10-13-17-23-18-14-12-15-19-23/h12,14-15,18-19,26H,3-11,13,16-17,20-22H2,1-2H3. The highest BCUT2D eigenvalue weighted by Crippen LogP contribution is 2.16. The van der Waals surface area contributed by atoms with E-state index in [2.05, 4.69) is 56.8 Å². The van der Waals surface area contributed by atoms with Crippen LogP contribution in [0.4, 0.5) is 0 Å². The number of ether oxygens (including phenoxy) is 1. The summed E-state index contributed by atoms with van der Waals surface area (Å²) in [7, 11) is 0. The third kappa shape index (κ3) is 15.8. The second kappa shape index (κ2) is 15.6. The zero-order chi connectivity index (χ0) is 18.9. The minimum Gasteiger partial charge on any atom is -0.381 e. The Morgan fingerprint density at radius 2 is 1.19 bits per heavy atom. The second-order valence-electron chi connectivity index (χ2n) is 8.30. The molecule has 1 aromatic rings. The summed E-state index contributed by atoms with van der Waals surface area (Å²) in [4.78, 5) is 0. The molecular formula is C24H42OS. The van der Waals surface area contributed by atoms with Crippen LogP contribution in [0.25, 0.3) is 0 Å². The van der Waals surface area contributed by atoms with Gasteiger partial charge in [-0.3, -0.25) is 0 Å². The van der Waals surface area contributed by atoms with Crippen molar-refractivity contribution in [1.29, 1.82) is 0 Å². The average Bonchev–Trinajstić information content (AvgIpc) is 2.61. The lowest BCUT2D eigenvalue weighted by Gasteiger charge is -2.16. The van der Waals surface area contributed by atoms with Crippen molar-refractivity contribution in [2.75, 3.05) is 13.2 Å². The maximum Gasteiger partial charge on any atom is 0.0478 e. The SMILES string of the molecule is CC(C)(S)CCOCCCCCCCCCCCCCc1ccccc1. The van der Waals surface area contributed by atoms with E-state index in [0.717, 1.165) is 19.6 Å². The highest BCUT2D eigenvalue weighted by molar-refractivity contribution is 7.81. The number of thiol groups is 1. The van der Waals surface area contributed by atoms with Crippen molar-refractivity contribution in [2.24, 2.45) is 0 Å². The van der Waals surface area contributed by atoms with Gasteiger partial charge in [0.05, 0.1) is 0 Å². The van der Waals surface area contributed by atoms with Gasteiger partial charge in [0.25, 0.3) is 0 Å². The molecule has 0 radical (unpaired) electrons. The van der Waals surface area contributed by atoms with E-state index < -0.39 is 0 Å². The lowest BCUT2D eigenvalue weighted by atomic mass is 10.0. The molecule has 0 aliphatic carbocycles. The fourth-order valence-corrected chi connectivity index (χ4v) is 3.28. The summed E-state index contributed by atoms with van der Waals surface area (Å²) in [5.41, 5.74) is 1.49. The number of rotatable bonds is 17. The van der Waals surface area contributed by atoms with Crippen LogP contribution in [-0.2, 0) is 11.2 Å². The van der Waals surface area contributed by atoms with Gasteiger partial charge in [0.15, 0.2) is 0 Å². The van der Waals surface area contributed by atoms with Gasteiger partial charge in [-0.2, -0.15) is 12.6 Å². The first-order valence-electron chi connectivity index (χ1n) is 10.9. The Kier molecular flexibility index (Phi) is 14.1. The highest BCUT2D eigenvalue weighted by Gasteiger charge is 2.10. The van der Waals surface area contributed by atoms with Crippen LogP contribution < -0.4 is 0 Å². The van der Waals surface area contributed by atoms with Crippen molar-refractivity contribution < 1.29 is 4.74 Å². The number of aryl methyl sites for hydroxylation is 1. The van der Waals surface area contributed by atoms with Gasteiger partial charge in [0.1, 0.15) is 0 Å². The predicted octanol–water partition coefficient (Wildman–Crippen LogP) is 7.64. The van der Waals surface area contributed by atoms with Gasteiger partial charge in [-0.25, -0.2) is 0 Å². The first-order chi connectivity index (χ1) is 12.6. The maximum absolute atomic E-state index is 5.68. The van der Waals surface area contributed by atoms with Gasteiger partial charge < -0.3 is 4.74 Å². The predicted molar refractivity (Wildman–Crippen MR) is 119 cm³/mol. The van der Waals surface area contributed by atoms with Crippen LogP contribution in [-0.4, -0.2) is 18.0 Å². The van der Waals surface area contributed by atoms with Gasteiger partial charge >= 0.3 is 0 Å². The summed E-state index contributed by atoms with van der Waals surface area (Å²) >= 11 is 4.51. The van der Waals surface area contributed by atoms with E-state index >= 15 is 0 Å². The van der Waals surface area contributed by atoms with Crippen molar-refractivity contribution in [2.45, 2.75) is 102 Å². The molecule has 150 valence electrons. The molecule has 26 heavy (non-hydrogen) atoms. The van der Waals surface area contributed by atoms with E-state index in [-0.39, 0.29) is 4.75 Å². The Labute approximate surface area is 168 Å². The highest BCUT2D eigenvalue weighted by atomic mass is 32.1. The maximum atomic E-state index is 5.68. The monoisotopic (exact) mass is 378 g/mol. The van der Waals surface area contributed by atoms with Crippen molar-refractivity contribution in [3.05, 3.63) is 35.9 Å². The Hall–Kier alpha value is -0.470. The molecule has 0 heterocycles. The zero-order valence-electron chi connectivity index (χ0n) is 17.3. The zero-order valence-corrected chi connectivity index (χ0v) is 18.2. The molecule has 0 aliphatic rings. The van der Waals surface area contributed by atoms with Crippen LogP contribution >= 0.6 is 12.6 Å². The molecule has 0 amide bonds. The van der Waals surface area contributed by atoms with Crippen LogP contribution in [0.2, 0.25) is 0 Å². The van der Waals surface area contributed by atoms with Crippen LogP contribution in [0.5, 0.6) is 0 Å². The topological polar surface area (TPSA) is 9.23 Å². The first-order valence-corrected chi connectivity index (χ1v) is 11.4. The van der Waals surface area contributed by atoms with Crippen LogP contribution in [0.3, 0.4) is 0 Å². The summed E-state index contributed by atoms with van der Waals surface area (Å²) in [5, 5.41) is 0. The second-order valence-corrected chi connectivity index (χ2v) is 9.51. The molecular weight excluding hydrogens is 336 g/mol. The van der Waals surface area contributed by atoms with Crippen LogP contribution in [0, 0.1) is 0 Å². The third-order valence-electron chi connectivity index (χ3n) is 4.96. The summed E-state index contributed by atoms with van der Waals surface area (Å²) in [6.07, 6.45) is 17.4. The van der Waals surface area contributed by atoms with E-state index in [1.807, 2.05) is 0 Å². The smallest absolute Gasteiger partial charge is 0.0478 e. The molecule has 0 fully saturated rings. The van der Waals surface area contributed by atoms with Crippen LogP contribution in [0.1, 0.15) is 96.5 Å². The molecule has 2 heteroatoms. The molecule has 0 saturated heterocycles. The van der Waals surface area contributed by atoms with E-state index in [9.17, 15) is 0 Å². The molecule has 0 saturated carbocycles. The van der Waals surface area contributed by atoms with Gasteiger partial charge in [-0.15, -0.1) is 0 Å². The van der Waals surface area contributed by atoms with Gasteiger partial charge in [0.2, 0.25) is 0 Å². The van der Waals surface area contributed by atoms with E-state index in [0.29, 0.717) is 0 Å². The Morgan fingerprint density at radius 1 is 0.692 bits per heavy atom. The fraction of sp³-hybridized carbons (Fsp3) is 0.750. The molecule has 0 spiro atoms. The van der Waals surface area contributed by atoms with Gasteiger partial charge in [-0.1, -0.05) is 102 Å². The van der Waals surface area contributed by atoms with Crippen molar-refractivity contribution >= 4 is 12.6 Å². The quantitative estimate of drug-likeness (QED) is 0.216. The normalized spacial score (nSPS) is 11.8. The number of benzene rings is 1. The molecule has 0 bridgehead atoms. The minimum absolute atomic E-state index is 0.0991. The summed E-state index contributed by atoms with van der Waals surface area (Å²) < 4.78 is 5.78. The Morgan fingerprint density at radius 3 is 1.73 bits per heavy atom. The molecule has 1 nitrogen and oxygen atoms in total. The van der Waals surface area contributed by atoms with E-state index in [1.54, 1.807) is 0 Å². The number of hydrogen-bond acceptors (Lipinski definition) is 2. The van der Waals surface area contributed by atoms with Gasteiger partial charge in [-0.05, 0) is 31.2 Å². The van der Waals surface area contributed by atoms with Crippen molar-refractivity contribution in [3.8, 4) is 0 Å². The van der Waals surface area contributed by atoms with Crippen molar-refractivity contribution in [1.82, 2.24) is 0 Å². The van der Waals surface area contributed by atoms with E-state index in [4.69, 9.17) is 4.74 Å². The van der Waals surface area contributed by atoms with E-state index in [1.165, 1.54) is 82.6 Å². The average molecular weight is 379 g/mol. The summed E-state index contributed by atoms with van der Waals surface area (Å²) in [5.74, 6) is 0. The first kappa shape index (κ1) is 23.6. The molecule has 1 aromatic carbocycles. The fourth-order valence-electron chi connectivity index (χ4n) is 3.19. The largest absolute Gasteiger partial charge is 0.381 e. The molecule has 0 unspecified atom stereocenters. The molecule has 0 aromatic heterocycles.